The summed E-state index contributed by atoms with van der Waals surface area (Å²) in [6, 6.07) is 18.2. The van der Waals surface area contributed by atoms with Crippen LogP contribution in [0.1, 0.15) is 60.5 Å². The third kappa shape index (κ3) is 5.19. The molecule has 1 amide bonds. The van der Waals surface area contributed by atoms with E-state index in [0.29, 0.717) is 5.56 Å². The molecule has 4 nitrogen and oxygen atoms in total. The fourth-order valence-corrected chi connectivity index (χ4v) is 3.35. The third-order valence-electron chi connectivity index (χ3n) is 4.76. The summed E-state index contributed by atoms with van der Waals surface area (Å²) in [5.74, 6) is -0.441. The smallest absolute Gasteiger partial charge is 0.308 e. The van der Waals surface area contributed by atoms with Gasteiger partial charge in [-0.25, -0.2) is 0 Å². The largest absolute Gasteiger partial charge is 0.462 e. The van der Waals surface area contributed by atoms with Gasteiger partial charge in [0.15, 0.2) is 0 Å². The molecule has 0 aromatic heterocycles. The number of hydrogen-bond acceptors (Lipinski definition) is 3. The monoisotopic (exact) mass is 351 g/mol. The average molecular weight is 351 g/mol. The van der Waals surface area contributed by atoms with Gasteiger partial charge in [-0.15, -0.1) is 0 Å². The predicted molar refractivity (Wildman–Crippen MR) is 101 cm³/mol. The van der Waals surface area contributed by atoms with Crippen molar-refractivity contribution in [3.63, 3.8) is 0 Å². The standard InChI is InChI=1S/C22H25NO3/c24-21(26-19-14-8-3-9-15-19)16-20(17-10-4-1-5-11-17)23-22(25)18-12-6-2-7-13-18/h1-2,4-7,10-13,19-20H,3,8-9,14-16H2,(H,23,25). The zero-order chi connectivity index (χ0) is 18.2. The van der Waals surface area contributed by atoms with Crippen LogP contribution in [0, 0.1) is 0 Å². The van der Waals surface area contributed by atoms with Crippen molar-refractivity contribution >= 4 is 11.9 Å². The Hall–Kier alpha value is -2.62. The van der Waals surface area contributed by atoms with E-state index < -0.39 is 6.04 Å². The van der Waals surface area contributed by atoms with Crippen molar-refractivity contribution in [2.75, 3.05) is 0 Å². The van der Waals surface area contributed by atoms with Crippen LogP contribution < -0.4 is 5.32 Å². The Morgan fingerprint density at radius 2 is 1.54 bits per heavy atom. The second kappa shape index (κ2) is 9.18. The van der Waals surface area contributed by atoms with E-state index >= 15 is 0 Å². The molecule has 0 aliphatic heterocycles. The molecule has 1 atom stereocenters. The minimum Gasteiger partial charge on any atom is -0.462 e. The van der Waals surface area contributed by atoms with Crippen molar-refractivity contribution in [2.45, 2.75) is 50.7 Å². The molecule has 26 heavy (non-hydrogen) atoms. The topological polar surface area (TPSA) is 55.4 Å². The lowest BCUT2D eigenvalue weighted by Crippen LogP contribution is -2.31. The first-order valence-corrected chi connectivity index (χ1v) is 9.33. The number of carbonyl (C=O) groups is 2. The minimum atomic E-state index is -0.403. The molecule has 3 rings (SSSR count). The molecule has 0 bridgehead atoms. The van der Waals surface area contributed by atoms with Crippen LogP contribution in [-0.2, 0) is 9.53 Å². The molecule has 1 aliphatic carbocycles. The highest BCUT2D eigenvalue weighted by Gasteiger charge is 2.23. The lowest BCUT2D eigenvalue weighted by Gasteiger charge is -2.24. The average Bonchev–Trinajstić information content (AvgIpc) is 2.69. The maximum Gasteiger partial charge on any atom is 0.308 e. The van der Waals surface area contributed by atoms with Crippen molar-refractivity contribution in [2.24, 2.45) is 0 Å². The Bertz CT molecular complexity index is 709. The van der Waals surface area contributed by atoms with Gasteiger partial charge in [0.05, 0.1) is 12.5 Å². The van der Waals surface area contributed by atoms with Crippen molar-refractivity contribution in [1.29, 1.82) is 0 Å². The number of amides is 1. The quantitative estimate of drug-likeness (QED) is 0.784. The first-order valence-electron chi connectivity index (χ1n) is 9.33. The van der Waals surface area contributed by atoms with Gasteiger partial charge >= 0.3 is 5.97 Å². The maximum absolute atomic E-state index is 12.5. The van der Waals surface area contributed by atoms with E-state index in [1.807, 2.05) is 48.5 Å². The van der Waals surface area contributed by atoms with Gasteiger partial charge in [-0.2, -0.15) is 0 Å². The number of esters is 1. The Morgan fingerprint density at radius 3 is 2.19 bits per heavy atom. The van der Waals surface area contributed by atoms with Crippen molar-refractivity contribution in [1.82, 2.24) is 5.32 Å². The summed E-state index contributed by atoms with van der Waals surface area (Å²) in [4.78, 5) is 25.0. The number of rotatable bonds is 6. The summed E-state index contributed by atoms with van der Waals surface area (Å²) in [5, 5.41) is 2.98. The van der Waals surface area contributed by atoms with Gasteiger partial charge in [-0.1, -0.05) is 55.0 Å². The minimum absolute atomic E-state index is 0.0255. The first-order chi connectivity index (χ1) is 12.7. The molecule has 2 aromatic rings. The fraction of sp³-hybridized carbons (Fsp3) is 0.364. The number of hydrogen-bond donors (Lipinski definition) is 1. The SMILES string of the molecule is O=C(CC(NC(=O)c1ccccc1)c1ccccc1)OC1CCCCC1. The van der Waals surface area contributed by atoms with Crippen LogP contribution >= 0.6 is 0 Å². The zero-order valence-electron chi connectivity index (χ0n) is 14.9. The number of carbonyl (C=O) groups excluding carboxylic acids is 2. The molecular formula is C22H25NO3. The van der Waals surface area contributed by atoms with Crippen LogP contribution in [0.2, 0.25) is 0 Å². The Labute approximate surface area is 154 Å². The number of ether oxygens (including phenoxy) is 1. The lowest BCUT2D eigenvalue weighted by molar-refractivity contribution is -0.151. The van der Waals surface area contributed by atoms with E-state index in [1.54, 1.807) is 12.1 Å². The normalized spacial score (nSPS) is 15.8. The summed E-state index contributed by atoms with van der Waals surface area (Å²) in [5.41, 5.74) is 1.48. The molecule has 1 aliphatic rings. The molecule has 0 saturated heterocycles. The van der Waals surface area contributed by atoms with Crippen LogP contribution in [0.4, 0.5) is 0 Å². The van der Waals surface area contributed by atoms with Crippen molar-refractivity contribution < 1.29 is 14.3 Å². The second-order valence-electron chi connectivity index (χ2n) is 6.76. The summed E-state index contributed by atoms with van der Waals surface area (Å²) in [6.45, 7) is 0. The molecule has 4 heteroatoms. The molecular weight excluding hydrogens is 326 g/mol. The second-order valence-corrected chi connectivity index (χ2v) is 6.76. The summed E-state index contributed by atoms with van der Waals surface area (Å²) >= 11 is 0. The highest BCUT2D eigenvalue weighted by atomic mass is 16.5. The molecule has 0 heterocycles. The Balaban J connectivity index is 1.67. The third-order valence-corrected chi connectivity index (χ3v) is 4.76. The van der Waals surface area contributed by atoms with E-state index in [1.165, 1.54) is 6.42 Å². The number of benzene rings is 2. The molecule has 136 valence electrons. The molecule has 1 fully saturated rings. The fourth-order valence-electron chi connectivity index (χ4n) is 3.35. The van der Waals surface area contributed by atoms with Crippen LogP contribution in [0.5, 0.6) is 0 Å². The van der Waals surface area contributed by atoms with Gasteiger partial charge in [0.1, 0.15) is 6.10 Å². The summed E-state index contributed by atoms with van der Waals surface area (Å²) < 4.78 is 5.64. The van der Waals surface area contributed by atoms with Gasteiger partial charge in [0, 0.05) is 5.56 Å². The van der Waals surface area contributed by atoms with Gasteiger partial charge in [-0.05, 0) is 43.4 Å². The summed E-state index contributed by atoms with van der Waals surface area (Å²) in [7, 11) is 0. The van der Waals surface area contributed by atoms with E-state index in [2.05, 4.69) is 5.32 Å². The molecule has 0 spiro atoms. The highest BCUT2D eigenvalue weighted by molar-refractivity contribution is 5.94. The van der Waals surface area contributed by atoms with Gasteiger partial charge in [-0.3, -0.25) is 9.59 Å². The van der Waals surface area contributed by atoms with E-state index in [-0.39, 0.29) is 24.4 Å². The molecule has 2 aromatic carbocycles. The van der Waals surface area contributed by atoms with Crippen LogP contribution in [-0.4, -0.2) is 18.0 Å². The van der Waals surface area contributed by atoms with Gasteiger partial charge < -0.3 is 10.1 Å². The zero-order valence-corrected chi connectivity index (χ0v) is 14.9. The van der Waals surface area contributed by atoms with E-state index in [4.69, 9.17) is 4.74 Å². The molecule has 1 unspecified atom stereocenters. The summed E-state index contributed by atoms with van der Waals surface area (Å²) in [6.07, 6.45) is 5.50. The number of nitrogens with one attached hydrogen (secondary N) is 1. The van der Waals surface area contributed by atoms with Crippen molar-refractivity contribution in [3.05, 3.63) is 71.8 Å². The lowest BCUT2D eigenvalue weighted by atomic mass is 9.97. The Morgan fingerprint density at radius 1 is 0.923 bits per heavy atom. The molecule has 1 saturated carbocycles. The molecule has 1 N–H and O–H groups in total. The predicted octanol–water partition coefficient (Wildman–Crippen LogP) is 4.42. The van der Waals surface area contributed by atoms with E-state index in [0.717, 1.165) is 31.2 Å². The van der Waals surface area contributed by atoms with Crippen LogP contribution in [0.3, 0.4) is 0 Å². The van der Waals surface area contributed by atoms with Gasteiger partial charge in [0.25, 0.3) is 5.91 Å². The van der Waals surface area contributed by atoms with Gasteiger partial charge in [0.2, 0.25) is 0 Å². The molecule has 0 radical (unpaired) electrons. The van der Waals surface area contributed by atoms with Crippen LogP contribution in [0.15, 0.2) is 60.7 Å². The Kier molecular flexibility index (Phi) is 6.42. The first kappa shape index (κ1) is 18.2. The maximum atomic E-state index is 12.5. The van der Waals surface area contributed by atoms with Crippen molar-refractivity contribution in [3.8, 4) is 0 Å². The van der Waals surface area contributed by atoms with Crippen LogP contribution in [0.25, 0.3) is 0 Å². The highest BCUT2D eigenvalue weighted by Crippen LogP contribution is 2.23. The van der Waals surface area contributed by atoms with E-state index in [9.17, 15) is 9.59 Å².